The van der Waals surface area contributed by atoms with E-state index in [4.69, 9.17) is 0 Å². The van der Waals surface area contributed by atoms with Crippen LogP contribution in [0.5, 0.6) is 0 Å². The summed E-state index contributed by atoms with van der Waals surface area (Å²) >= 11 is 1.66. The Morgan fingerprint density at radius 3 is 2.26 bits per heavy atom. The van der Waals surface area contributed by atoms with Gasteiger partial charge in [-0.05, 0) is 46.8 Å². The van der Waals surface area contributed by atoms with Gasteiger partial charge in [0, 0.05) is 11.1 Å². The van der Waals surface area contributed by atoms with E-state index in [0.717, 1.165) is 22.1 Å². The van der Waals surface area contributed by atoms with Gasteiger partial charge in [0.05, 0.1) is 6.54 Å². The Bertz CT molecular complexity index is 547. The summed E-state index contributed by atoms with van der Waals surface area (Å²) in [7, 11) is 0. The lowest BCUT2D eigenvalue weighted by molar-refractivity contribution is 0.423. The molecule has 1 N–H and O–H groups in total. The number of benzene rings is 1. The Morgan fingerprint density at radius 2 is 1.68 bits per heavy atom. The van der Waals surface area contributed by atoms with E-state index >= 15 is 0 Å². The summed E-state index contributed by atoms with van der Waals surface area (Å²) in [4.78, 5) is 0. The third kappa shape index (κ3) is 4.11. The van der Waals surface area contributed by atoms with E-state index in [1.807, 2.05) is 0 Å². The van der Waals surface area contributed by atoms with Crippen molar-refractivity contribution in [1.82, 2.24) is 15.5 Å². The summed E-state index contributed by atoms with van der Waals surface area (Å²) in [5.74, 6) is 0. The van der Waals surface area contributed by atoms with Crippen LogP contribution in [-0.2, 0) is 6.54 Å². The van der Waals surface area contributed by atoms with Gasteiger partial charge in [0.15, 0.2) is 0 Å². The summed E-state index contributed by atoms with van der Waals surface area (Å²) < 4.78 is 0. The van der Waals surface area contributed by atoms with Gasteiger partial charge in [0.1, 0.15) is 10.0 Å². The van der Waals surface area contributed by atoms with Gasteiger partial charge in [-0.2, -0.15) is 0 Å². The van der Waals surface area contributed by atoms with Crippen molar-refractivity contribution in [2.24, 2.45) is 0 Å². The first-order valence-corrected chi connectivity index (χ1v) is 7.31. The van der Waals surface area contributed by atoms with Crippen LogP contribution in [-0.4, -0.2) is 15.7 Å². The fourth-order valence-electron chi connectivity index (χ4n) is 1.88. The van der Waals surface area contributed by atoms with Crippen LogP contribution in [0.3, 0.4) is 0 Å². The second kappa shape index (κ2) is 5.39. The van der Waals surface area contributed by atoms with Crippen LogP contribution >= 0.6 is 11.3 Å². The van der Waals surface area contributed by atoms with Crippen LogP contribution in [0.25, 0.3) is 10.6 Å². The van der Waals surface area contributed by atoms with Crippen molar-refractivity contribution in [3.63, 3.8) is 0 Å². The molecule has 0 bridgehead atoms. The molecule has 0 radical (unpaired) electrons. The minimum Gasteiger partial charge on any atom is -0.306 e. The van der Waals surface area contributed by atoms with Crippen LogP contribution in [0.15, 0.2) is 18.2 Å². The lowest BCUT2D eigenvalue weighted by atomic mass is 10.1. The number of hydrogen-bond acceptors (Lipinski definition) is 4. The average Bonchev–Trinajstić information content (AvgIpc) is 2.72. The number of aryl methyl sites for hydroxylation is 2. The van der Waals surface area contributed by atoms with Crippen molar-refractivity contribution in [2.45, 2.75) is 46.7 Å². The maximum atomic E-state index is 4.30. The van der Waals surface area contributed by atoms with E-state index < -0.39 is 0 Å². The first-order valence-electron chi connectivity index (χ1n) is 6.49. The number of aromatic nitrogens is 2. The van der Waals surface area contributed by atoms with E-state index in [9.17, 15) is 0 Å². The highest BCUT2D eigenvalue weighted by Crippen LogP contribution is 2.25. The van der Waals surface area contributed by atoms with Crippen LogP contribution in [0.1, 0.15) is 36.9 Å². The minimum atomic E-state index is 0.103. The van der Waals surface area contributed by atoms with Crippen molar-refractivity contribution < 1.29 is 0 Å². The third-order valence-corrected chi connectivity index (χ3v) is 3.68. The predicted octanol–water partition coefficient (Wildman–Crippen LogP) is 3.71. The molecule has 0 aliphatic carbocycles. The highest BCUT2D eigenvalue weighted by Gasteiger charge is 2.12. The van der Waals surface area contributed by atoms with Crippen molar-refractivity contribution in [3.05, 3.63) is 34.3 Å². The van der Waals surface area contributed by atoms with E-state index in [1.165, 1.54) is 11.1 Å². The summed E-state index contributed by atoms with van der Waals surface area (Å²) in [5.41, 5.74) is 3.79. The highest BCUT2D eigenvalue weighted by atomic mass is 32.1. The number of hydrogen-bond donors (Lipinski definition) is 1. The zero-order valence-electron chi connectivity index (χ0n) is 12.2. The molecule has 19 heavy (non-hydrogen) atoms. The van der Waals surface area contributed by atoms with Crippen molar-refractivity contribution in [1.29, 1.82) is 0 Å². The standard InChI is InChI=1S/C15H21N3S/c1-10-6-11(2)8-12(7-10)14-18-17-13(19-14)9-16-15(3,4)5/h6-8,16H,9H2,1-5H3. The summed E-state index contributed by atoms with van der Waals surface area (Å²) in [5, 5.41) is 14.0. The topological polar surface area (TPSA) is 37.8 Å². The number of rotatable bonds is 3. The summed E-state index contributed by atoms with van der Waals surface area (Å²) in [6, 6.07) is 6.50. The molecule has 0 aliphatic heterocycles. The molecule has 0 aliphatic rings. The number of nitrogens with zero attached hydrogens (tertiary/aromatic N) is 2. The first kappa shape index (κ1) is 14.2. The monoisotopic (exact) mass is 275 g/mol. The Kier molecular flexibility index (Phi) is 4.02. The number of nitrogens with one attached hydrogen (secondary N) is 1. The Balaban J connectivity index is 2.16. The maximum absolute atomic E-state index is 4.30. The van der Waals surface area contributed by atoms with Gasteiger partial charge in [0.25, 0.3) is 0 Å². The molecular formula is C15H21N3S. The van der Waals surface area contributed by atoms with Crippen LogP contribution in [0.2, 0.25) is 0 Å². The lowest BCUT2D eigenvalue weighted by Gasteiger charge is -2.19. The van der Waals surface area contributed by atoms with Gasteiger partial charge in [-0.3, -0.25) is 0 Å². The fourth-order valence-corrected chi connectivity index (χ4v) is 2.65. The predicted molar refractivity (Wildman–Crippen MR) is 81.4 cm³/mol. The molecule has 0 fully saturated rings. The molecular weight excluding hydrogens is 254 g/mol. The van der Waals surface area contributed by atoms with E-state index in [1.54, 1.807) is 11.3 Å². The smallest absolute Gasteiger partial charge is 0.147 e. The Hall–Kier alpha value is -1.26. The molecule has 0 spiro atoms. The van der Waals surface area contributed by atoms with Crippen molar-refractivity contribution >= 4 is 11.3 Å². The van der Waals surface area contributed by atoms with Crippen molar-refractivity contribution in [2.75, 3.05) is 0 Å². The molecule has 0 amide bonds. The molecule has 0 saturated heterocycles. The maximum Gasteiger partial charge on any atom is 0.147 e. The molecule has 1 heterocycles. The normalized spacial score (nSPS) is 11.8. The molecule has 0 unspecified atom stereocenters. The van der Waals surface area contributed by atoms with Crippen LogP contribution in [0, 0.1) is 13.8 Å². The van der Waals surface area contributed by atoms with Crippen molar-refractivity contribution in [3.8, 4) is 10.6 Å². The second-order valence-corrected chi connectivity index (χ2v) is 7.04. The van der Waals surface area contributed by atoms with E-state index in [2.05, 4.69) is 68.3 Å². The molecule has 2 rings (SSSR count). The molecule has 102 valence electrons. The van der Waals surface area contributed by atoms with E-state index in [-0.39, 0.29) is 5.54 Å². The molecule has 2 aromatic rings. The molecule has 4 heteroatoms. The lowest BCUT2D eigenvalue weighted by Crippen LogP contribution is -2.35. The highest BCUT2D eigenvalue weighted by molar-refractivity contribution is 7.14. The van der Waals surface area contributed by atoms with Crippen LogP contribution in [0.4, 0.5) is 0 Å². The Morgan fingerprint density at radius 1 is 1.05 bits per heavy atom. The molecule has 0 atom stereocenters. The fraction of sp³-hybridized carbons (Fsp3) is 0.467. The molecule has 1 aromatic heterocycles. The van der Waals surface area contributed by atoms with Gasteiger partial charge in [-0.25, -0.2) is 0 Å². The quantitative estimate of drug-likeness (QED) is 0.928. The Labute approximate surface area is 119 Å². The third-order valence-electron chi connectivity index (χ3n) is 2.71. The SMILES string of the molecule is Cc1cc(C)cc(-c2nnc(CNC(C)(C)C)s2)c1. The first-order chi connectivity index (χ1) is 8.83. The average molecular weight is 275 g/mol. The zero-order chi connectivity index (χ0) is 14.0. The second-order valence-electron chi connectivity index (χ2n) is 5.98. The summed E-state index contributed by atoms with van der Waals surface area (Å²) in [6.07, 6.45) is 0. The largest absolute Gasteiger partial charge is 0.306 e. The van der Waals surface area contributed by atoms with Crippen LogP contribution < -0.4 is 5.32 Å². The van der Waals surface area contributed by atoms with Gasteiger partial charge in [-0.1, -0.05) is 28.5 Å². The van der Waals surface area contributed by atoms with Gasteiger partial charge < -0.3 is 5.32 Å². The zero-order valence-corrected chi connectivity index (χ0v) is 13.1. The van der Waals surface area contributed by atoms with Gasteiger partial charge in [-0.15, -0.1) is 10.2 Å². The minimum absolute atomic E-state index is 0.103. The molecule has 0 saturated carbocycles. The molecule has 1 aromatic carbocycles. The van der Waals surface area contributed by atoms with Gasteiger partial charge in [0.2, 0.25) is 0 Å². The van der Waals surface area contributed by atoms with E-state index in [0.29, 0.717) is 0 Å². The van der Waals surface area contributed by atoms with Gasteiger partial charge >= 0.3 is 0 Å². The molecule has 3 nitrogen and oxygen atoms in total. The summed E-state index contributed by atoms with van der Waals surface area (Å²) in [6.45, 7) is 11.4.